The van der Waals surface area contributed by atoms with Crippen LogP contribution in [0.2, 0.25) is 0 Å². The molecule has 3 fully saturated rings. The van der Waals surface area contributed by atoms with E-state index in [1.54, 1.807) is 4.40 Å². The molecule has 2 bridgehead atoms. The molecule has 2 aliphatic heterocycles. The zero-order valence-corrected chi connectivity index (χ0v) is 16.2. The van der Waals surface area contributed by atoms with Gasteiger partial charge in [-0.25, -0.2) is 9.78 Å². The number of rotatable bonds is 3. The summed E-state index contributed by atoms with van der Waals surface area (Å²) >= 11 is 0. The van der Waals surface area contributed by atoms with Gasteiger partial charge in [0, 0.05) is 24.9 Å². The third-order valence-corrected chi connectivity index (χ3v) is 6.66. The molecule has 2 saturated heterocycles. The van der Waals surface area contributed by atoms with Gasteiger partial charge < -0.3 is 16.0 Å². The fourth-order valence-electron chi connectivity index (χ4n) is 5.34. The van der Waals surface area contributed by atoms with Gasteiger partial charge in [-0.15, -0.1) is 0 Å². The highest BCUT2D eigenvalue weighted by atomic mass is 19.4. The lowest BCUT2D eigenvalue weighted by Gasteiger charge is -2.44. The molecule has 9 nitrogen and oxygen atoms in total. The number of halogens is 3. The van der Waals surface area contributed by atoms with Crippen molar-refractivity contribution < 1.29 is 27.6 Å². The second kappa shape index (κ2) is 6.34. The molecule has 4 amide bonds. The van der Waals surface area contributed by atoms with E-state index in [-0.39, 0.29) is 24.9 Å². The number of anilines is 1. The van der Waals surface area contributed by atoms with Crippen LogP contribution in [0.1, 0.15) is 18.4 Å². The number of urea groups is 1. The standard InChI is InChI=1S/C19H19F3N6O3/c20-19(21,22)12-3-13-5-24-9-28(13)15(4-12)26-6-10-1-2-11(7-26)18(10)16(30)27(8-14(23)29)17(31)25-18/h3-5,9-11H,1-2,6-8H2,(H2,23,29)(H,25,31). The van der Waals surface area contributed by atoms with Crippen molar-refractivity contribution in [2.75, 3.05) is 24.5 Å². The molecule has 2 atom stereocenters. The number of carbonyl (C=O) groups excluding carboxylic acids is 3. The Bertz CT molecular complexity index is 1100. The Labute approximate surface area is 174 Å². The van der Waals surface area contributed by atoms with Crippen LogP contribution in [0, 0.1) is 11.8 Å². The summed E-state index contributed by atoms with van der Waals surface area (Å²) in [5.74, 6) is -1.57. The number of nitrogens with two attached hydrogens (primary N) is 1. The second-order valence-corrected chi connectivity index (χ2v) is 8.32. The first-order chi connectivity index (χ1) is 14.6. The largest absolute Gasteiger partial charge is 0.416 e. The lowest BCUT2D eigenvalue weighted by molar-refractivity contribution is -0.137. The first-order valence-corrected chi connectivity index (χ1v) is 9.82. The highest BCUT2D eigenvalue weighted by Gasteiger charge is 2.65. The predicted molar refractivity (Wildman–Crippen MR) is 101 cm³/mol. The summed E-state index contributed by atoms with van der Waals surface area (Å²) in [6, 6.07) is 1.46. The van der Waals surface area contributed by atoms with Gasteiger partial charge in [-0.1, -0.05) is 0 Å². The third-order valence-electron chi connectivity index (χ3n) is 6.66. The summed E-state index contributed by atoms with van der Waals surface area (Å²) in [7, 11) is 0. The van der Waals surface area contributed by atoms with Crippen molar-refractivity contribution in [2.45, 2.75) is 24.6 Å². The molecule has 12 heteroatoms. The van der Waals surface area contributed by atoms with E-state index in [1.807, 2.05) is 4.90 Å². The Kier molecular flexibility index (Phi) is 4.02. The molecule has 31 heavy (non-hydrogen) atoms. The first kappa shape index (κ1) is 19.6. The molecule has 0 radical (unpaired) electrons. The third kappa shape index (κ3) is 2.77. The van der Waals surface area contributed by atoms with E-state index in [0.29, 0.717) is 24.2 Å². The van der Waals surface area contributed by atoms with Gasteiger partial charge in [-0.2, -0.15) is 13.2 Å². The Hall–Kier alpha value is -3.31. The molecular formula is C19H19F3N6O3. The van der Waals surface area contributed by atoms with Crippen molar-refractivity contribution >= 4 is 29.2 Å². The van der Waals surface area contributed by atoms with Crippen LogP contribution in [-0.4, -0.2) is 57.3 Å². The molecule has 2 aromatic heterocycles. The lowest BCUT2D eigenvalue weighted by Crippen LogP contribution is -2.63. The Morgan fingerprint density at radius 1 is 1.23 bits per heavy atom. The highest BCUT2D eigenvalue weighted by molar-refractivity contribution is 6.09. The summed E-state index contributed by atoms with van der Waals surface area (Å²) in [5.41, 5.74) is 3.55. The molecular weight excluding hydrogens is 417 g/mol. The summed E-state index contributed by atoms with van der Waals surface area (Å²) in [5, 5.41) is 2.78. The summed E-state index contributed by atoms with van der Waals surface area (Å²) in [4.78, 5) is 43.4. The van der Waals surface area contributed by atoms with Crippen molar-refractivity contribution in [1.29, 1.82) is 0 Å². The van der Waals surface area contributed by atoms with Gasteiger partial charge in [0.25, 0.3) is 5.91 Å². The summed E-state index contributed by atoms with van der Waals surface area (Å²) < 4.78 is 41.9. The van der Waals surface area contributed by atoms with E-state index >= 15 is 0 Å². The molecule has 0 aromatic carbocycles. The van der Waals surface area contributed by atoms with Crippen LogP contribution in [0.5, 0.6) is 0 Å². The van der Waals surface area contributed by atoms with E-state index in [4.69, 9.17) is 5.73 Å². The summed E-state index contributed by atoms with van der Waals surface area (Å²) in [6.07, 6.45) is -0.440. The molecule has 1 spiro atoms. The van der Waals surface area contributed by atoms with Crippen molar-refractivity contribution in [1.82, 2.24) is 19.6 Å². The Morgan fingerprint density at radius 3 is 2.52 bits per heavy atom. The summed E-state index contributed by atoms with van der Waals surface area (Å²) in [6.45, 7) is 0.0574. The molecule has 4 heterocycles. The molecule has 1 aliphatic carbocycles. The minimum atomic E-state index is -4.51. The normalized spacial score (nSPS) is 28.1. The molecule has 2 unspecified atom stereocenters. The number of aromatic nitrogens is 2. The second-order valence-electron chi connectivity index (χ2n) is 8.32. The maximum atomic E-state index is 13.4. The number of carbonyl (C=O) groups is 3. The van der Waals surface area contributed by atoms with Crippen LogP contribution in [0.15, 0.2) is 24.7 Å². The highest BCUT2D eigenvalue weighted by Crippen LogP contribution is 2.49. The van der Waals surface area contributed by atoms with Crippen molar-refractivity contribution in [3.63, 3.8) is 0 Å². The fourth-order valence-corrected chi connectivity index (χ4v) is 5.34. The average molecular weight is 436 g/mol. The zero-order valence-electron chi connectivity index (χ0n) is 16.2. The molecule has 3 N–H and O–H groups in total. The van der Waals surface area contributed by atoms with Crippen LogP contribution in [0.4, 0.5) is 23.8 Å². The first-order valence-electron chi connectivity index (χ1n) is 9.82. The number of imide groups is 1. The number of nitrogens with one attached hydrogen (secondary N) is 1. The maximum Gasteiger partial charge on any atom is 0.416 e. The smallest absolute Gasteiger partial charge is 0.368 e. The lowest BCUT2D eigenvalue weighted by atomic mass is 9.76. The van der Waals surface area contributed by atoms with Crippen LogP contribution in [-0.2, 0) is 15.8 Å². The van der Waals surface area contributed by atoms with Gasteiger partial charge in [0.05, 0.1) is 17.3 Å². The number of fused-ring (bicyclic) bond motifs is 1. The number of nitrogens with zero attached hydrogens (tertiary/aromatic N) is 4. The Morgan fingerprint density at radius 2 is 1.90 bits per heavy atom. The minimum Gasteiger partial charge on any atom is -0.368 e. The number of hydrogen-bond donors (Lipinski definition) is 2. The number of imidazole rings is 1. The number of pyridine rings is 1. The van der Waals surface area contributed by atoms with E-state index < -0.39 is 41.7 Å². The molecule has 3 aliphatic rings. The molecule has 2 aromatic rings. The number of alkyl halides is 3. The van der Waals surface area contributed by atoms with Crippen molar-refractivity contribution in [3.8, 4) is 0 Å². The van der Waals surface area contributed by atoms with Crippen LogP contribution in [0.3, 0.4) is 0 Å². The Balaban J connectivity index is 1.50. The number of amides is 4. The van der Waals surface area contributed by atoms with E-state index in [0.717, 1.165) is 17.0 Å². The zero-order chi connectivity index (χ0) is 22.1. The van der Waals surface area contributed by atoms with E-state index in [9.17, 15) is 27.6 Å². The average Bonchev–Trinajstić information content (AvgIpc) is 3.29. The fraction of sp³-hybridized carbons (Fsp3) is 0.474. The topological polar surface area (TPSA) is 113 Å². The van der Waals surface area contributed by atoms with E-state index in [2.05, 4.69) is 10.3 Å². The quantitative estimate of drug-likeness (QED) is 0.697. The van der Waals surface area contributed by atoms with Gasteiger partial charge >= 0.3 is 12.2 Å². The van der Waals surface area contributed by atoms with Crippen LogP contribution < -0.4 is 16.0 Å². The molecule has 164 valence electrons. The predicted octanol–water partition coefficient (Wildman–Crippen LogP) is 0.975. The van der Waals surface area contributed by atoms with Crippen LogP contribution >= 0.6 is 0 Å². The number of hydrogen-bond acceptors (Lipinski definition) is 5. The van der Waals surface area contributed by atoms with Gasteiger partial charge in [-0.3, -0.25) is 18.9 Å². The monoisotopic (exact) mass is 436 g/mol. The minimum absolute atomic E-state index is 0.279. The SMILES string of the molecule is NC(=O)CN1C(=O)NC2(C1=O)C1CCC2CN(c2cc(C(F)(F)F)cc3cncn23)C1. The van der Waals surface area contributed by atoms with E-state index in [1.165, 1.54) is 12.5 Å². The maximum absolute atomic E-state index is 13.4. The van der Waals surface area contributed by atoms with Gasteiger partial charge in [0.1, 0.15) is 24.2 Å². The van der Waals surface area contributed by atoms with Crippen molar-refractivity contribution in [3.05, 3.63) is 30.2 Å². The van der Waals surface area contributed by atoms with Crippen molar-refractivity contribution in [2.24, 2.45) is 17.6 Å². The van der Waals surface area contributed by atoms with Gasteiger partial charge in [0.15, 0.2) is 0 Å². The number of primary amides is 1. The molecule has 5 rings (SSSR count). The van der Waals surface area contributed by atoms with Crippen LogP contribution in [0.25, 0.3) is 5.52 Å². The molecule has 1 saturated carbocycles. The number of piperidine rings is 1. The van der Waals surface area contributed by atoms with Gasteiger partial charge in [0.2, 0.25) is 5.91 Å². The van der Waals surface area contributed by atoms with Gasteiger partial charge in [-0.05, 0) is 25.0 Å².